The molecular weight excluding hydrogens is 254 g/mol. The zero-order valence-electron chi connectivity index (χ0n) is 12.1. The zero-order valence-corrected chi connectivity index (χ0v) is 12.1. The van der Waals surface area contributed by atoms with Gasteiger partial charge in [0.05, 0.1) is 18.8 Å². The summed E-state index contributed by atoms with van der Waals surface area (Å²) in [7, 11) is 0. The van der Waals surface area contributed by atoms with Gasteiger partial charge >= 0.3 is 5.97 Å². The standard InChI is InChI=1S/C16H23NO3/c1-2-20-16(18)15-5-3-4-14(10-15)12-19-11-13-6-8-17-9-7-13/h3-5,10,13,17H,2,6-9,11-12H2,1H3. The summed E-state index contributed by atoms with van der Waals surface area (Å²) in [5, 5.41) is 3.35. The Balaban J connectivity index is 1.80. The van der Waals surface area contributed by atoms with Gasteiger partial charge in [0.2, 0.25) is 0 Å². The van der Waals surface area contributed by atoms with E-state index in [1.807, 2.05) is 25.1 Å². The fourth-order valence-corrected chi connectivity index (χ4v) is 2.39. The number of piperidine rings is 1. The molecule has 0 atom stereocenters. The minimum atomic E-state index is -0.271. The lowest BCUT2D eigenvalue weighted by molar-refractivity contribution is 0.0525. The molecule has 1 N–H and O–H groups in total. The first kappa shape index (κ1) is 15.0. The van der Waals surface area contributed by atoms with E-state index in [1.165, 1.54) is 12.8 Å². The number of nitrogens with one attached hydrogen (secondary N) is 1. The van der Waals surface area contributed by atoms with Crippen molar-refractivity contribution in [3.8, 4) is 0 Å². The van der Waals surface area contributed by atoms with Crippen molar-refractivity contribution in [3.05, 3.63) is 35.4 Å². The molecule has 0 aromatic heterocycles. The number of hydrogen-bond acceptors (Lipinski definition) is 4. The molecule has 110 valence electrons. The third kappa shape index (κ3) is 4.62. The largest absolute Gasteiger partial charge is 0.462 e. The molecule has 0 saturated carbocycles. The monoisotopic (exact) mass is 277 g/mol. The van der Waals surface area contributed by atoms with E-state index < -0.39 is 0 Å². The van der Waals surface area contributed by atoms with Crippen molar-refractivity contribution < 1.29 is 14.3 Å². The van der Waals surface area contributed by atoms with Crippen molar-refractivity contribution in [3.63, 3.8) is 0 Å². The molecule has 1 aromatic rings. The lowest BCUT2D eigenvalue weighted by Crippen LogP contribution is -2.29. The normalized spacial score (nSPS) is 16.1. The van der Waals surface area contributed by atoms with Crippen LogP contribution in [0.25, 0.3) is 0 Å². The lowest BCUT2D eigenvalue weighted by Gasteiger charge is -2.22. The van der Waals surface area contributed by atoms with E-state index in [4.69, 9.17) is 9.47 Å². The maximum atomic E-state index is 11.6. The van der Waals surface area contributed by atoms with Crippen molar-refractivity contribution in [2.24, 2.45) is 5.92 Å². The van der Waals surface area contributed by atoms with Crippen LogP contribution >= 0.6 is 0 Å². The topological polar surface area (TPSA) is 47.6 Å². The fraction of sp³-hybridized carbons (Fsp3) is 0.562. The van der Waals surface area contributed by atoms with Gasteiger partial charge in [-0.05, 0) is 56.5 Å². The van der Waals surface area contributed by atoms with E-state index in [-0.39, 0.29) is 5.97 Å². The van der Waals surface area contributed by atoms with Crippen molar-refractivity contribution in [2.75, 3.05) is 26.3 Å². The summed E-state index contributed by atoms with van der Waals surface area (Å²) < 4.78 is 10.8. The smallest absolute Gasteiger partial charge is 0.338 e. The second-order valence-corrected chi connectivity index (χ2v) is 5.13. The molecule has 1 heterocycles. The number of rotatable bonds is 6. The quantitative estimate of drug-likeness (QED) is 0.811. The maximum absolute atomic E-state index is 11.6. The highest BCUT2D eigenvalue weighted by Crippen LogP contribution is 2.14. The zero-order chi connectivity index (χ0) is 14.2. The number of ether oxygens (including phenoxy) is 2. The van der Waals surface area contributed by atoms with E-state index in [2.05, 4.69) is 5.32 Å². The van der Waals surface area contributed by atoms with Gasteiger partial charge in [-0.3, -0.25) is 0 Å². The predicted octanol–water partition coefficient (Wildman–Crippen LogP) is 2.38. The highest BCUT2D eigenvalue weighted by Gasteiger charge is 2.13. The Morgan fingerprint density at radius 3 is 2.90 bits per heavy atom. The fourth-order valence-electron chi connectivity index (χ4n) is 2.39. The van der Waals surface area contributed by atoms with Crippen LogP contribution in [-0.2, 0) is 16.1 Å². The van der Waals surface area contributed by atoms with Crippen LogP contribution < -0.4 is 5.32 Å². The van der Waals surface area contributed by atoms with E-state index in [0.717, 1.165) is 25.3 Å². The van der Waals surface area contributed by atoms with E-state index >= 15 is 0 Å². The Morgan fingerprint density at radius 2 is 2.15 bits per heavy atom. The van der Waals surface area contributed by atoms with Crippen molar-refractivity contribution in [1.29, 1.82) is 0 Å². The van der Waals surface area contributed by atoms with Gasteiger partial charge < -0.3 is 14.8 Å². The van der Waals surface area contributed by atoms with Crippen LogP contribution in [0.4, 0.5) is 0 Å². The molecule has 1 aliphatic heterocycles. The molecule has 1 aromatic carbocycles. The average Bonchev–Trinajstić information content (AvgIpc) is 2.49. The predicted molar refractivity (Wildman–Crippen MR) is 77.6 cm³/mol. The summed E-state index contributed by atoms with van der Waals surface area (Å²) in [5.41, 5.74) is 1.61. The molecule has 0 radical (unpaired) electrons. The van der Waals surface area contributed by atoms with Gasteiger partial charge in [-0.1, -0.05) is 12.1 Å². The molecule has 4 nitrogen and oxygen atoms in total. The Labute approximate surface area is 120 Å². The van der Waals surface area contributed by atoms with Gasteiger partial charge in [0.25, 0.3) is 0 Å². The van der Waals surface area contributed by atoms with Crippen LogP contribution in [-0.4, -0.2) is 32.3 Å². The van der Waals surface area contributed by atoms with E-state index in [1.54, 1.807) is 6.07 Å². The number of carbonyl (C=O) groups is 1. The molecule has 1 aliphatic rings. The molecule has 1 saturated heterocycles. The van der Waals surface area contributed by atoms with Crippen molar-refractivity contribution >= 4 is 5.97 Å². The number of esters is 1. The van der Waals surface area contributed by atoms with Crippen LogP contribution in [0.3, 0.4) is 0 Å². The molecule has 20 heavy (non-hydrogen) atoms. The molecule has 4 heteroatoms. The van der Waals surface area contributed by atoms with Crippen LogP contribution in [0.15, 0.2) is 24.3 Å². The summed E-state index contributed by atoms with van der Waals surface area (Å²) in [5.74, 6) is 0.386. The first-order valence-corrected chi connectivity index (χ1v) is 7.34. The second kappa shape index (κ2) is 8.02. The van der Waals surface area contributed by atoms with Crippen molar-refractivity contribution in [1.82, 2.24) is 5.32 Å². The minimum Gasteiger partial charge on any atom is -0.462 e. The maximum Gasteiger partial charge on any atom is 0.338 e. The van der Waals surface area contributed by atoms with Crippen LogP contribution in [0.5, 0.6) is 0 Å². The first-order valence-electron chi connectivity index (χ1n) is 7.34. The van der Waals surface area contributed by atoms with Crippen molar-refractivity contribution in [2.45, 2.75) is 26.4 Å². The third-order valence-corrected chi connectivity index (χ3v) is 3.52. The highest BCUT2D eigenvalue weighted by molar-refractivity contribution is 5.89. The average molecular weight is 277 g/mol. The van der Waals surface area contributed by atoms with Gasteiger partial charge in [-0.25, -0.2) is 4.79 Å². The van der Waals surface area contributed by atoms with Crippen LogP contribution in [0.2, 0.25) is 0 Å². The van der Waals surface area contributed by atoms with Gasteiger partial charge in [-0.15, -0.1) is 0 Å². The lowest BCUT2D eigenvalue weighted by atomic mass is 9.99. The van der Waals surface area contributed by atoms with Crippen LogP contribution in [0.1, 0.15) is 35.7 Å². The van der Waals surface area contributed by atoms with Gasteiger partial charge in [-0.2, -0.15) is 0 Å². The molecule has 0 amide bonds. The Morgan fingerprint density at radius 1 is 1.35 bits per heavy atom. The van der Waals surface area contributed by atoms with Gasteiger partial charge in [0.1, 0.15) is 0 Å². The Bertz CT molecular complexity index is 427. The summed E-state index contributed by atoms with van der Waals surface area (Å²) in [6.07, 6.45) is 2.37. The molecule has 2 rings (SSSR count). The van der Waals surface area contributed by atoms with E-state index in [9.17, 15) is 4.79 Å². The number of hydrogen-bond donors (Lipinski definition) is 1. The first-order chi connectivity index (χ1) is 9.79. The second-order valence-electron chi connectivity index (χ2n) is 5.13. The molecule has 0 spiro atoms. The molecule has 1 fully saturated rings. The van der Waals surface area contributed by atoms with Crippen LogP contribution in [0, 0.1) is 5.92 Å². The Hall–Kier alpha value is -1.39. The van der Waals surface area contributed by atoms with Gasteiger partial charge in [0.15, 0.2) is 0 Å². The molecule has 0 bridgehead atoms. The van der Waals surface area contributed by atoms with E-state index in [0.29, 0.717) is 24.7 Å². The molecule has 0 unspecified atom stereocenters. The Kier molecular flexibility index (Phi) is 6.02. The summed E-state index contributed by atoms with van der Waals surface area (Å²) in [6, 6.07) is 7.47. The SMILES string of the molecule is CCOC(=O)c1cccc(COCC2CCNCC2)c1. The summed E-state index contributed by atoms with van der Waals surface area (Å²) in [4.78, 5) is 11.6. The number of benzene rings is 1. The summed E-state index contributed by atoms with van der Waals surface area (Å²) >= 11 is 0. The third-order valence-electron chi connectivity index (χ3n) is 3.52. The highest BCUT2D eigenvalue weighted by atomic mass is 16.5. The molecular formula is C16H23NO3. The molecule has 0 aliphatic carbocycles. The van der Waals surface area contributed by atoms with Gasteiger partial charge in [0, 0.05) is 6.61 Å². The number of carbonyl (C=O) groups excluding carboxylic acids is 1. The summed E-state index contributed by atoms with van der Waals surface area (Å²) in [6.45, 7) is 5.74. The minimum absolute atomic E-state index is 0.271.